The fourth-order valence-corrected chi connectivity index (χ4v) is 1.70. The van der Waals surface area contributed by atoms with Crippen LogP contribution in [0.1, 0.15) is 26.7 Å². The van der Waals surface area contributed by atoms with E-state index in [4.69, 9.17) is 5.73 Å². The topological polar surface area (TPSA) is 63.8 Å². The first-order valence-electron chi connectivity index (χ1n) is 5.14. The Bertz CT molecular complexity index is 312. The van der Waals surface area contributed by atoms with Gasteiger partial charge in [0.15, 0.2) is 5.16 Å². The third-order valence-corrected chi connectivity index (χ3v) is 2.79. The average molecular weight is 226 g/mol. The number of nitrogens with one attached hydrogen (secondary N) is 1. The highest BCUT2D eigenvalue weighted by Gasteiger charge is 2.06. The lowest BCUT2D eigenvalue weighted by atomic mass is 10.2. The molecule has 84 valence electrons. The Balaban J connectivity index is 2.79. The molecule has 3 N–H and O–H groups in total. The fraction of sp³-hybridized carbons (Fsp3) is 0.600. The quantitative estimate of drug-likeness (QED) is 0.596. The smallest absolute Gasteiger partial charge is 0.191 e. The monoisotopic (exact) mass is 226 g/mol. The van der Waals surface area contributed by atoms with Crippen LogP contribution >= 0.6 is 11.8 Å². The number of nitrogens with zero attached hydrogens (tertiary/aromatic N) is 2. The Morgan fingerprint density at radius 1 is 1.40 bits per heavy atom. The Morgan fingerprint density at radius 3 is 2.60 bits per heavy atom. The molecular formula is C10H18N4S. The van der Waals surface area contributed by atoms with E-state index < -0.39 is 0 Å². The van der Waals surface area contributed by atoms with Crippen LogP contribution in [0.15, 0.2) is 11.2 Å². The third kappa shape index (κ3) is 3.58. The molecule has 1 rings (SSSR count). The van der Waals surface area contributed by atoms with Gasteiger partial charge in [0.1, 0.15) is 11.6 Å². The molecule has 0 saturated heterocycles. The van der Waals surface area contributed by atoms with Crippen LogP contribution in [0.3, 0.4) is 0 Å². The zero-order valence-electron chi connectivity index (χ0n) is 9.45. The summed E-state index contributed by atoms with van der Waals surface area (Å²) in [5.41, 5.74) is 5.69. The second kappa shape index (κ2) is 5.80. The summed E-state index contributed by atoms with van der Waals surface area (Å²) in [6, 6.07) is 2.23. The number of hydrogen-bond donors (Lipinski definition) is 2. The SMILES string of the molecule is CCC(CC)Nc1cc(N)nc(SC)n1. The standard InChI is InChI=1S/C10H18N4S/c1-4-7(5-2)12-9-6-8(11)13-10(14-9)15-3/h6-7H,4-5H2,1-3H3,(H3,11,12,13,14). The summed E-state index contributed by atoms with van der Waals surface area (Å²) in [6.07, 6.45) is 4.10. The van der Waals surface area contributed by atoms with Gasteiger partial charge in [-0.15, -0.1) is 0 Å². The van der Waals surface area contributed by atoms with Gasteiger partial charge in [0.25, 0.3) is 0 Å². The molecule has 0 aliphatic heterocycles. The van der Waals surface area contributed by atoms with Crippen molar-refractivity contribution in [3.63, 3.8) is 0 Å². The van der Waals surface area contributed by atoms with Crippen molar-refractivity contribution >= 4 is 23.4 Å². The molecule has 1 aromatic rings. The van der Waals surface area contributed by atoms with Gasteiger partial charge in [-0.1, -0.05) is 25.6 Å². The summed E-state index contributed by atoms with van der Waals surface area (Å²) >= 11 is 1.50. The molecule has 1 heterocycles. The maximum absolute atomic E-state index is 5.69. The van der Waals surface area contributed by atoms with Crippen molar-refractivity contribution in [2.45, 2.75) is 37.9 Å². The Morgan fingerprint density at radius 2 is 2.07 bits per heavy atom. The highest BCUT2D eigenvalue weighted by Crippen LogP contribution is 2.16. The van der Waals surface area contributed by atoms with Gasteiger partial charge in [-0.25, -0.2) is 9.97 Å². The molecular weight excluding hydrogens is 208 g/mol. The van der Waals surface area contributed by atoms with Gasteiger partial charge >= 0.3 is 0 Å². The maximum Gasteiger partial charge on any atom is 0.191 e. The molecule has 0 aromatic carbocycles. The number of nitrogens with two attached hydrogens (primary N) is 1. The van der Waals surface area contributed by atoms with Crippen molar-refractivity contribution in [1.82, 2.24) is 9.97 Å². The third-order valence-electron chi connectivity index (χ3n) is 2.25. The van der Waals surface area contributed by atoms with E-state index in [1.165, 1.54) is 11.8 Å². The van der Waals surface area contributed by atoms with Gasteiger partial charge in [-0.3, -0.25) is 0 Å². The van der Waals surface area contributed by atoms with Crippen molar-refractivity contribution < 1.29 is 0 Å². The number of hydrogen-bond acceptors (Lipinski definition) is 5. The number of rotatable bonds is 5. The minimum absolute atomic E-state index is 0.453. The molecule has 0 fully saturated rings. The summed E-state index contributed by atoms with van der Waals surface area (Å²) in [5, 5.41) is 4.06. The normalized spacial score (nSPS) is 10.7. The number of thioether (sulfide) groups is 1. The summed E-state index contributed by atoms with van der Waals surface area (Å²) in [7, 11) is 0. The van der Waals surface area contributed by atoms with Crippen LogP contribution in [0.25, 0.3) is 0 Å². The minimum Gasteiger partial charge on any atom is -0.383 e. The van der Waals surface area contributed by atoms with Crippen LogP contribution in [-0.4, -0.2) is 22.3 Å². The van der Waals surface area contributed by atoms with Crippen molar-refractivity contribution in [1.29, 1.82) is 0 Å². The van der Waals surface area contributed by atoms with E-state index in [9.17, 15) is 0 Å². The predicted molar refractivity (Wildman–Crippen MR) is 66.2 cm³/mol. The molecule has 0 unspecified atom stereocenters. The van der Waals surface area contributed by atoms with Gasteiger partial charge in [0.05, 0.1) is 0 Å². The van der Waals surface area contributed by atoms with E-state index in [-0.39, 0.29) is 0 Å². The summed E-state index contributed by atoms with van der Waals surface area (Å²) in [5.74, 6) is 1.34. The molecule has 0 radical (unpaired) electrons. The van der Waals surface area contributed by atoms with Crippen molar-refractivity contribution in [3.05, 3.63) is 6.07 Å². The van der Waals surface area contributed by atoms with Crippen molar-refractivity contribution in [3.8, 4) is 0 Å². The van der Waals surface area contributed by atoms with Gasteiger partial charge in [0.2, 0.25) is 0 Å². The lowest BCUT2D eigenvalue weighted by Crippen LogP contribution is -2.18. The molecule has 15 heavy (non-hydrogen) atoms. The predicted octanol–water partition coefficient (Wildman–Crippen LogP) is 2.38. The molecule has 0 spiro atoms. The highest BCUT2D eigenvalue weighted by molar-refractivity contribution is 7.98. The Labute approximate surface area is 95.1 Å². The molecule has 0 aliphatic rings. The largest absolute Gasteiger partial charge is 0.383 e. The van der Waals surface area contributed by atoms with Gasteiger partial charge < -0.3 is 11.1 Å². The molecule has 4 nitrogen and oxygen atoms in total. The average Bonchev–Trinajstić information content (AvgIpc) is 2.25. The van der Waals surface area contributed by atoms with Crippen LogP contribution in [0.5, 0.6) is 0 Å². The van der Waals surface area contributed by atoms with E-state index in [0.29, 0.717) is 17.0 Å². The number of anilines is 2. The van der Waals surface area contributed by atoms with E-state index in [2.05, 4.69) is 29.1 Å². The molecule has 1 aromatic heterocycles. The molecule has 0 amide bonds. The summed E-state index contributed by atoms with van der Waals surface area (Å²) in [6.45, 7) is 4.31. The molecule has 0 atom stereocenters. The van der Waals surface area contributed by atoms with Crippen LogP contribution < -0.4 is 11.1 Å². The van der Waals surface area contributed by atoms with E-state index >= 15 is 0 Å². The Kier molecular flexibility index (Phi) is 4.68. The minimum atomic E-state index is 0.453. The molecule has 0 aliphatic carbocycles. The highest BCUT2D eigenvalue weighted by atomic mass is 32.2. The van der Waals surface area contributed by atoms with E-state index in [1.807, 2.05) is 6.26 Å². The van der Waals surface area contributed by atoms with Crippen LogP contribution in [0, 0.1) is 0 Å². The second-order valence-electron chi connectivity index (χ2n) is 3.32. The fourth-order valence-electron chi connectivity index (χ4n) is 1.31. The van der Waals surface area contributed by atoms with Gasteiger partial charge in [0, 0.05) is 12.1 Å². The number of aromatic nitrogens is 2. The van der Waals surface area contributed by atoms with Gasteiger partial charge in [-0.05, 0) is 19.1 Å². The summed E-state index contributed by atoms with van der Waals surface area (Å²) < 4.78 is 0. The van der Waals surface area contributed by atoms with Crippen LogP contribution in [-0.2, 0) is 0 Å². The summed E-state index contributed by atoms with van der Waals surface area (Å²) in [4.78, 5) is 8.45. The first-order valence-corrected chi connectivity index (χ1v) is 6.37. The van der Waals surface area contributed by atoms with Crippen molar-refractivity contribution in [2.24, 2.45) is 0 Å². The maximum atomic E-state index is 5.69. The molecule has 0 saturated carbocycles. The van der Waals surface area contributed by atoms with Crippen LogP contribution in [0.4, 0.5) is 11.6 Å². The second-order valence-corrected chi connectivity index (χ2v) is 4.10. The van der Waals surface area contributed by atoms with E-state index in [0.717, 1.165) is 18.7 Å². The Hall–Kier alpha value is -0.970. The zero-order chi connectivity index (χ0) is 11.3. The lowest BCUT2D eigenvalue weighted by Gasteiger charge is -2.15. The van der Waals surface area contributed by atoms with E-state index in [1.54, 1.807) is 6.07 Å². The lowest BCUT2D eigenvalue weighted by molar-refractivity contribution is 0.666. The first kappa shape index (κ1) is 12.1. The molecule has 5 heteroatoms. The van der Waals surface area contributed by atoms with Crippen LogP contribution in [0.2, 0.25) is 0 Å². The zero-order valence-corrected chi connectivity index (χ0v) is 10.3. The molecule has 0 bridgehead atoms. The van der Waals surface area contributed by atoms with Crippen molar-refractivity contribution in [2.75, 3.05) is 17.3 Å². The first-order chi connectivity index (χ1) is 7.19. The van der Waals surface area contributed by atoms with Gasteiger partial charge in [-0.2, -0.15) is 0 Å². The number of nitrogen functional groups attached to an aromatic ring is 1.